The zero-order chi connectivity index (χ0) is 15.2. The maximum Gasteiger partial charge on any atom is 0.371 e. The van der Waals surface area contributed by atoms with Crippen molar-refractivity contribution in [2.45, 2.75) is 19.9 Å². The Bertz CT molecular complexity index is 618. The van der Waals surface area contributed by atoms with E-state index in [2.05, 4.69) is 0 Å². The third-order valence-electron chi connectivity index (χ3n) is 3.02. The van der Waals surface area contributed by atoms with Crippen LogP contribution in [-0.4, -0.2) is 28.4 Å². The fourth-order valence-electron chi connectivity index (χ4n) is 2.05. The van der Waals surface area contributed by atoms with Crippen molar-refractivity contribution in [2.24, 2.45) is 0 Å². The van der Waals surface area contributed by atoms with Crippen LogP contribution in [0.15, 0.2) is 46.9 Å². The molecule has 0 unspecified atom stereocenters. The van der Waals surface area contributed by atoms with Gasteiger partial charge in [0.25, 0.3) is 5.91 Å². The second kappa shape index (κ2) is 6.74. The fourth-order valence-corrected chi connectivity index (χ4v) is 2.05. The minimum absolute atomic E-state index is 0.0526. The molecule has 0 radical (unpaired) electrons. The summed E-state index contributed by atoms with van der Waals surface area (Å²) < 4.78 is 5.08. The largest absolute Gasteiger partial charge is 0.475 e. The summed E-state index contributed by atoms with van der Waals surface area (Å²) in [5.41, 5.74) is 1.02. The number of carbonyl (C=O) groups excluding carboxylic acids is 1. The molecule has 5 heteroatoms. The number of rotatable bonds is 6. The van der Waals surface area contributed by atoms with Crippen LogP contribution in [0.2, 0.25) is 0 Å². The Morgan fingerprint density at radius 2 is 1.76 bits per heavy atom. The number of amides is 1. The normalized spacial score (nSPS) is 10.3. The van der Waals surface area contributed by atoms with Crippen molar-refractivity contribution in [3.05, 3.63) is 59.5 Å². The summed E-state index contributed by atoms with van der Waals surface area (Å²) in [5, 5.41) is 8.84. The van der Waals surface area contributed by atoms with Crippen molar-refractivity contribution in [3.8, 4) is 0 Å². The van der Waals surface area contributed by atoms with Gasteiger partial charge in [-0.1, -0.05) is 37.3 Å². The molecule has 0 aliphatic rings. The van der Waals surface area contributed by atoms with E-state index in [-0.39, 0.29) is 17.4 Å². The lowest BCUT2D eigenvalue weighted by molar-refractivity contribution is 0.0647. The summed E-state index contributed by atoms with van der Waals surface area (Å²) in [6, 6.07) is 12.3. The first-order valence-corrected chi connectivity index (χ1v) is 6.78. The highest BCUT2D eigenvalue weighted by atomic mass is 16.4. The molecule has 0 saturated carbocycles. The fraction of sp³-hybridized carbons (Fsp3) is 0.250. The Hall–Kier alpha value is -2.56. The molecule has 5 nitrogen and oxygen atoms in total. The van der Waals surface area contributed by atoms with Crippen LogP contribution in [0.3, 0.4) is 0 Å². The van der Waals surface area contributed by atoms with Crippen molar-refractivity contribution < 1.29 is 19.1 Å². The Balaban J connectivity index is 2.16. The summed E-state index contributed by atoms with van der Waals surface area (Å²) in [6.45, 7) is 3.03. The van der Waals surface area contributed by atoms with Gasteiger partial charge in [0, 0.05) is 13.1 Å². The van der Waals surface area contributed by atoms with Crippen LogP contribution >= 0.6 is 0 Å². The van der Waals surface area contributed by atoms with Gasteiger partial charge in [0.1, 0.15) is 0 Å². The summed E-state index contributed by atoms with van der Waals surface area (Å²) in [5.74, 6) is -1.65. The van der Waals surface area contributed by atoms with Gasteiger partial charge in [-0.05, 0) is 24.1 Å². The molecule has 0 aliphatic carbocycles. The third-order valence-corrected chi connectivity index (χ3v) is 3.02. The van der Waals surface area contributed by atoms with Gasteiger partial charge in [-0.25, -0.2) is 4.79 Å². The number of carbonyl (C=O) groups is 2. The van der Waals surface area contributed by atoms with Crippen LogP contribution in [0.5, 0.6) is 0 Å². The molecule has 0 aliphatic heterocycles. The lowest BCUT2D eigenvalue weighted by Crippen LogP contribution is -2.31. The molecule has 110 valence electrons. The lowest BCUT2D eigenvalue weighted by atomic mass is 10.2. The molecule has 1 heterocycles. The number of carboxylic acid groups (broad SMARTS) is 1. The molecule has 0 spiro atoms. The molecule has 2 aromatic rings. The lowest BCUT2D eigenvalue weighted by Gasteiger charge is -2.21. The van der Waals surface area contributed by atoms with Gasteiger partial charge in [0.05, 0.1) is 0 Å². The monoisotopic (exact) mass is 287 g/mol. The van der Waals surface area contributed by atoms with E-state index >= 15 is 0 Å². The zero-order valence-electron chi connectivity index (χ0n) is 11.8. The van der Waals surface area contributed by atoms with E-state index in [9.17, 15) is 9.59 Å². The van der Waals surface area contributed by atoms with E-state index in [1.165, 1.54) is 12.1 Å². The van der Waals surface area contributed by atoms with Crippen molar-refractivity contribution in [1.82, 2.24) is 4.90 Å². The average molecular weight is 287 g/mol. The van der Waals surface area contributed by atoms with Gasteiger partial charge in [0.15, 0.2) is 5.76 Å². The number of hydrogen-bond acceptors (Lipinski definition) is 3. The van der Waals surface area contributed by atoms with Crippen LogP contribution in [0, 0.1) is 0 Å². The van der Waals surface area contributed by atoms with Crippen molar-refractivity contribution in [2.75, 3.05) is 6.54 Å². The van der Waals surface area contributed by atoms with Gasteiger partial charge < -0.3 is 14.4 Å². The van der Waals surface area contributed by atoms with E-state index in [4.69, 9.17) is 9.52 Å². The van der Waals surface area contributed by atoms with Gasteiger partial charge in [-0.2, -0.15) is 0 Å². The van der Waals surface area contributed by atoms with Crippen LogP contribution in [-0.2, 0) is 6.54 Å². The van der Waals surface area contributed by atoms with E-state index in [0.29, 0.717) is 13.1 Å². The summed E-state index contributed by atoms with van der Waals surface area (Å²) in [4.78, 5) is 24.9. The van der Waals surface area contributed by atoms with Crippen LogP contribution in [0.1, 0.15) is 40.0 Å². The molecule has 1 aromatic carbocycles. The van der Waals surface area contributed by atoms with E-state index in [1.807, 2.05) is 37.3 Å². The number of hydrogen-bond donors (Lipinski definition) is 1. The standard InChI is InChI=1S/C16H17NO4/c1-2-10-17(11-12-6-4-3-5-7-12)15(18)13-8-9-14(21-13)16(19)20/h3-9H,2,10-11H2,1H3,(H,19,20). The van der Waals surface area contributed by atoms with Gasteiger partial charge >= 0.3 is 5.97 Å². The predicted octanol–water partition coefficient (Wildman–Crippen LogP) is 3.03. The number of nitrogens with zero attached hydrogens (tertiary/aromatic N) is 1. The third kappa shape index (κ3) is 3.72. The number of benzene rings is 1. The van der Waals surface area contributed by atoms with Crippen LogP contribution in [0.25, 0.3) is 0 Å². The topological polar surface area (TPSA) is 70.8 Å². The highest BCUT2D eigenvalue weighted by molar-refractivity contribution is 5.93. The van der Waals surface area contributed by atoms with Gasteiger partial charge in [0.2, 0.25) is 5.76 Å². The molecular weight excluding hydrogens is 270 g/mol. The van der Waals surface area contributed by atoms with Crippen LogP contribution < -0.4 is 0 Å². The first-order valence-electron chi connectivity index (χ1n) is 6.78. The molecule has 21 heavy (non-hydrogen) atoms. The Kier molecular flexibility index (Phi) is 4.77. The first-order chi connectivity index (χ1) is 10.1. The maximum absolute atomic E-state index is 12.4. The van der Waals surface area contributed by atoms with Gasteiger partial charge in [-0.3, -0.25) is 4.79 Å². The number of aromatic carboxylic acids is 1. The second-order valence-electron chi connectivity index (χ2n) is 4.68. The minimum atomic E-state index is -1.18. The van der Waals surface area contributed by atoms with E-state index < -0.39 is 5.97 Å². The molecule has 0 bridgehead atoms. The van der Waals surface area contributed by atoms with Crippen molar-refractivity contribution in [3.63, 3.8) is 0 Å². The highest BCUT2D eigenvalue weighted by Crippen LogP contribution is 2.14. The summed E-state index contributed by atoms with van der Waals surface area (Å²) in [6.07, 6.45) is 0.811. The zero-order valence-corrected chi connectivity index (χ0v) is 11.8. The molecule has 0 fully saturated rings. The first kappa shape index (κ1) is 14.8. The molecule has 1 aromatic heterocycles. The Labute approximate surface area is 122 Å². The molecule has 1 N–H and O–H groups in total. The maximum atomic E-state index is 12.4. The molecule has 1 amide bonds. The SMILES string of the molecule is CCCN(Cc1ccccc1)C(=O)c1ccc(C(=O)O)o1. The minimum Gasteiger partial charge on any atom is -0.475 e. The quantitative estimate of drug-likeness (QED) is 0.886. The smallest absolute Gasteiger partial charge is 0.371 e. The number of carboxylic acids is 1. The highest BCUT2D eigenvalue weighted by Gasteiger charge is 2.20. The number of furan rings is 1. The predicted molar refractivity (Wildman–Crippen MR) is 77.1 cm³/mol. The Morgan fingerprint density at radius 1 is 1.10 bits per heavy atom. The average Bonchev–Trinajstić information content (AvgIpc) is 2.97. The van der Waals surface area contributed by atoms with Gasteiger partial charge in [-0.15, -0.1) is 0 Å². The molecular formula is C16H17NO4. The molecule has 0 saturated heterocycles. The summed E-state index contributed by atoms with van der Waals surface area (Å²) >= 11 is 0. The second-order valence-corrected chi connectivity index (χ2v) is 4.68. The van der Waals surface area contributed by atoms with Crippen LogP contribution in [0.4, 0.5) is 0 Å². The van der Waals surface area contributed by atoms with Crippen molar-refractivity contribution >= 4 is 11.9 Å². The molecule has 2 rings (SSSR count). The Morgan fingerprint density at radius 3 is 2.33 bits per heavy atom. The molecule has 0 atom stereocenters. The van der Waals surface area contributed by atoms with Crippen molar-refractivity contribution in [1.29, 1.82) is 0 Å². The van der Waals surface area contributed by atoms with E-state index in [1.54, 1.807) is 4.90 Å². The summed E-state index contributed by atoms with van der Waals surface area (Å²) in [7, 11) is 0. The van der Waals surface area contributed by atoms with E-state index in [0.717, 1.165) is 12.0 Å².